The Balaban J connectivity index is 1.57. The molecule has 1 aliphatic carbocycles. The van der Waals surface area contributed by atoms with Crippen LogP contribution < -0.4 is 21.3 Å². The van der Waals surface area contributed by atoms with E-state index in [2.05, 4.69) is 20.3 Å². The monoisotopic (exact) mass is 505 g/mol. The number of rotatable bonds is 7. The van der Waals surface area contributed by atoms with Gasteiger partial charge in [-0.05, 0) is 56.5 Å². The highest BCUT2D eigenvalue weighted by Gasteiger charge is 2.28. The zero-order valence-electron chi connectivity index (χ0n) is 20.3. The first kappa shape index (κ1) is 24.3. The van der Waals surface area contributed by atoms with Crippen LogP contribution in [0.1, 0.15) is 55.2 Å². The smallest absolute Gasteiger partial charge is 0.264 e. The van der Waals surface area contributed by atoms with E-state index < -0.39 is 23.2 Å². The van der Waals surface area contributed by atoms with E-state index >= 15 is 0 Å². The van der Waals surface area contributed by atoms with Gasteiger partial charge in [0.15, 0.2) is 11.6 Å². The number of nitrogen functional groups attached to an aromatic ring is 1. The summed E-state index contributed by atoms with van der Waals surface area (Å²) in [7, 11) is 1.36. The molecule has 2 aromatic carbocycles. The molecule has 37 heavy (non-hydrogen) atoms. The lowest BCUT2D eigenvalue weighted by molar-refractivity contribution is 0.294. The lowest BCUT2D eigenvalue weighted by Gasteiger charge is -2.31. The van der Waals surface area contributed by atoms with Crippen LogP contribution in [0.3, 0.4) is 0 Å². The number of hydrogen-bond acceptors (Lipinski definition) is 8. The molecule has 0 aliphatic heterocycles. The highest BCUT2D eigenvalue weighted by atomic mass is 19.1. The number of anilines is 2. The molecule has 0 saturated heterocycles. The molecule has 2 aromatic heterocycles. The van der Waals surface area contributed by atoms with Crippen molar-refractivity contribution in [2.45, 2.75) is 38.3 Å². The predicted molar refractivity (Wildman–Crippen MR) is 136 cm³/mol. The first-order chi connectivity index (χ1) is 17.8. The Morgan fingerprint density at radius 3 is 2.68 bits per heavy atom. The van der Waals surface area contributed by atoms with Gasteiger partial charge >= 0.3 is 0 Å². The summed E-state index contributed by atoms with van der Waals surface area (Å²) in [6.45, 7) is 1.79. The number of benzene rings is 2. The van der Waals surface area contributed by atoms with Crippen molar-refractivity contribution in [1.82, 2.24) is 19.5 Å². The Bertz CT molecular complexity index is 1580. The number of aromatic nitrogens is 4. The van der Waals surface area contributed by atoms with Crippen molar-refractivity contribution in [3.8, 4) is 5.75 Å². The molecular formula is C26H25F2N7O2. The van der Waals surface area contributed by atoms with Gasteiger partial charge in [0.2, 0.25) is 0 Å². The Morgan fingerprint density at radius 2 is 2.00 bits per heavy atom. The number of halogens is 2. The van der Waals surface area contributed by atoms with Gasteiger partial charge in [0.1, 0.15) is 35.0 Å². The molecule has 11 heteroatoms. The van der Waals surface area contributed by atoms with Crippen LogP contribution in [0.4, 0.5) is 20.4 Å². The van der Waals surface area contributed by atoms with Crippen molar-refractivity contribution in [2.24, 2.45) is 0 Å². The lowest BCUT2D eigenvalue weighted by atomic mass is 9.92. The van der Waals surface area contributed by atoms with Gasteiger partial charge in [-0.1, -0.05) is 6.07 Å². The highest BCUT2D eigenvalue weighted by molar-refractivity contribution is 6.16. The number of ether oxygens (including phenoxy) is 1. The quantitative estimate of drug-likeness (QED) is 0.318. The van der Waals surface area contributed by atoms with Crippen LogP contribution in [-0.2, 0) is 0 Å². The van der Waals surface area contributed by atoms with Gasteiger partial charge in [-0.15, -0.1) is 0 Å². The summed E-state index contributed by atoms with van der Waals surface area (Å²) in [5.74, 6) is -0.529. The maximum atomic E-state index is 14.6. The summed E-state index contributed by atoms with van der Waals surface area (Å²) in [4.78, 5) is 26.3. The minimum Gasteiger partial charge on any atom is -0.494 e. The van der Waals surface area contributed by atoms with E-state index in [0.29, 0.717) is 5.82 Å². The molecule has 0 amide bonds. The molecule has 0 spiro atoms. The summed E-state index contributed by atoms with van der Waals surface area (Å²) in [6.07, 6.45) is 3.80. The summed E-state index contributed by atoms with van der Waals surface area (Å²) >= 11 is 0. The van der Waals surface area contributed by atoms with Crippen LogP contribution in [0, 0.1) is 17.0 Å². The van der Waals surface area contributed by atoms with Gasteiger partial charge in [0.25, 0.3) is 5.56 Å². The van der Waals surface area contributed by atoms with Gasteiger partial charge in [-0.2, -0.15) is 0 Å². The largest absolute Gasteiger partial charge is 0.494 e. The van der Waals surface area contributed by atoms with Crippen molar-refractivity contribution >= 4 is 28.3 Å². The lowest BCUT2D eigenvalue weighted by Crippen LogP contribution is -2.35. The summed E-state index contributed by atoms with van der Waals surface area (Å²) in [6, 6.07) is 7.84. The Hall–Kier alpha value is -4.41. The molecular weight excluding hydrogens is 480 g/mol. The third kappa shape index (κ3) is 4.26. The molecule has 1 aliphatic rings. The van der Waals surface area contributed by atoms with Gasteiger partial charge < -0.3 is 15.8 Å². The molecule has 2 heterocycles. The average molecular weight is 506 g/mol. The SMILES string of the molecule is COc1ccc(C(=N)c2c(N)ncnc2NC(C)c2nc3cccc(F)c3c(=O)n2C2CCC2)cc1F. The molecule has 1 atom stereocenters. The van der Waals surface area contributed by atoms with Crippen LogP contribution in [0.25, 0.3) is 10.9 Å². The van der Waals surface area contributed by atoms with Crippen molar-refractivity contribution in [3.05, 3.63) is 81.7 Å². The van der Waals surface area contributed by atoms with Crippen LogP contribution in [0.15, 0.2) is 47.5 Å². The first-order valence-corrected chi connectivity index (χ1v) is 11.8. The first-order valence-electron chi connectivity index (χ1n) is 11.8. The molecule has 190 valence electrons. The number of hydrogen-bond donors (Lipinski definition) is 3. The zero-order valence-corrected chi connectivity index (χ0v) is 20.3. The predicted octanol–water partition coefficient (Wildman–Crippen LogP) is 4.37. The van der Waals surface area contributed by atoms with Crippen LogP contribution in [-0.4, -0.2) is 32.3 Å². The second kappa shape index (κ2) is 9.57. The summed E-state index contributed by atoms with van der Waals surface area (Å²) < 4.78 is 35.4. The number of methoxy groups -OCH3 is 1. The van der Waals surface area contributed by atoms with E-state index in [4.69, 9.17) is 15.9 Å². The van der Waals surface area contributed by atoms with E-state index in [1.165, 1.54) is 43.8 Å². The third-order valence-electron chi connectivity index (χ3n) is 6.65. The van der Waals surface area contributed by atoms with Crippen molar-refractivity contribution in [3.63, 3.8) is 0 Å². The highest BCUT2D eigenvalue weighted by Crippen LogP contribution is 2.34. The van der Waals surface area contributed by atoms with Crippen LogP contribution in [0.5, 0.6) is 5.75 Å². The third-order valence-corrected chi connectivity index (χ3v) is 6.65. The van der Waals surface area contributed by atoms with Gasteiger partial charge in [-0.25, -0.2) is 23.7 Å². The molecule has 1 saturated carbocycles. The van der Waals surface area contributed by atoms with Crippen molar-refractivity contribution < 1.29 is 13.5 Å². The number of nitrogens with zero attached hydrogens (tertiary/aromatic N) is 4. The zero-order chi connectivity index (χ0) is 26.3. The van der Waals surface area contributed by atoms with Crippen LogP contribution >= 0.6 is 0 Å². The number of nitrogens with one attached hydrogen (secondary N) is 2. The summed E-state index contributed by atoms with van der Waals surface area (Å²) in [5.41, 5.74) is 6.28. The van der Waals surface area contributed by atoms with Gasteiger partial charge in [0.05, 0.1) is 29.9 Å². The van der Waals surface area contributed by atoms with Crippen LogP contribution in [0.2, 0.25) is 0 Å². The molecule has 4 N–H and O–H groups in total. The molecule has 5 rings (SSSR count). The Morgan fingerprint density at radius 1 is 1.22 bits per heavy atom. The maximum absolute atomic E-state index is 14.6. The van der Waals surface area contributed by atoms with E-state index in [1.807, 2.05) is 0 Å². The fourth-order valence-corrected chi connectivity index (χ4v) is 4.51. The normalized spacial score (nSPS) is 14.3. The van der Waals surface area contributed by atoms with E-state index in [0.717, 1.165) is 19.3 Å². The minimum atomic E-state index is -0.625. The Labute approximate surface area is 210 Å². The van der Waals surface area contributed by atoms with Crippen molar-refractivity contribution in [2.75, 3.05) is 18.2 Å². The average Bonchev–Trinajstić information content (AvgIpc) is 2.84. The second-order valence-electron chi connectivity index (χ2n) is 8.94. The fourth-order valence-electron chi connectivity index (χ4n) is 4.51. The minimum absolute atomic E-state index is 0.0239. The van der Waals surface area contributed by atoms with E-state index in [1.54, 1.807) is 17.6 Å². The van der Waals surface area contributed by atoms with E-state index in [-0.39, 0.29) is 51.2 Å². The molecule has 0 radical (unpaired) electrons. The maximum Gasteiger partial charge on any atom is 0.264 e. The molecule has 4 aromatic rings. The topological polar surface area (TPSA) is 132 Å². The standard InChI is InChI=1S/C26H25F2N7O2/c1-13(25-34-18-8-4-7-16(27)20(18)26(36)35(25)15-5-3-6-15)33-24-21(23(30)31-12-32-24)22(29)14-9-10-19(37-2)17(28)11-14/h4,7-13,15,29H,3,5-6H2,1-2H3,(H3,30,31,32,33). The van der Waals surface area contributed by atoms with Gasteiger partial charge in [-0.3, -0.25) is 14.8 Å². The van der Waals surface area contributed by atoms with E-state index in [9.17, 15) is 13.6 Å². The fraction of sp³-hybridized carbons (Fsp3) is 0.269. The molecule has 1 unspecified atom stereocenters. The number of nitrogens with two attached hydrogens (primary N) is 1. The second-order valence-corrected chi connectivity index (χ2v) is 8.94. The molecule has 9 nitrogen and oxygen atoms in total. The Kier molecular flexibility index (Phi) is 6.28. The molecule has 1 fully saturated rings. The van der Waals surface area contributed by atoms with Crippen molar-refractivity contribution in [1.29, 1.82) is 5.41 Å². The number of fused-ring (bicyclic) bond motifs is 1. The van der Waals surface area contributed by atoms with Gasteiger partial charge in [0, 0.05) is 11.6 Å². The summed E-state index contributed by atoms with van der Waals surface area (Å²) in [5, 5.41) is 11.9. The molecule has 0 bridgehead atoms.